The molecule has 4 bridgehead atoms. The molecule has 0 heterocycles. The molecule has 4 aliphatic rings. The Kier molecular flexibility index (Phi) is 5.94. The fourth-order valence-corrected chi connectivity index (χ4v) is 6.28. The molecule has 0 aliphatic heterocycles. The van der Waals surface area contributed by atoms with Crippen LogP contribution in [0.15, 0.2) is 29.3 Å². The summed E-state index contributed by atoms with van der Waals surface area (Å²) in [4.78, 5) is 16.2. The maximum absolute atomic E-state index is 13.0. The molecular formula is C24H29F3N4O2. The number of amides is 1. The third kappa shape index (κ3) is 4.58. The molecule has 4 aliphatic carbocycles. The highest BCUT2D eigenvalue weighted by molar-refractivity contribution is 5.91. The fourth-order valence-electron chi connectivity index (χ4n) is 6.28. The number of rotatable bonds is 6. The van der Waals surface area contributed by atoms with Crippen LogP contribution in [-0.4, -0.2) is 23.4 Å². The number of benzene rings is 1. The Balaban J connectivity index is 1.47. The Labute approximate surface area is 191 Å². The predicted octanol–water partition coefficient (Wildman–Crippen LogP) is 4.15. The first kappa shape index (κ1) is 23.6. The van der Waals surface area contributed by atoms with Gasteiger partial charge in [0, 0.05) is 11.5 Å². The summed E-state index contributed by atoms with van der Waals surface area (Å²) in [5, 5.41) is 12.7. The number of carbonyl (C=O) groups is 1. The first-order chi connectivity index (χ1) is 15.4. The number of nitrogens with two attached hydrogens (primary N) is 1. The highest BCUT2D eigenvalue weighted by Crippen LogP contribution is 2.60. The molecule has 2 unspecified atom stereocenters. The number of aliphatic imine (C=N–C) groups is 1. The summed E-state index contributed by atoms with van der Waals surface area (Å²) in [7, 11) is 0. The zero-order valence-corrected chi connectivity index (χ0v) is 18.8. The van der Waals surface area contributed by atoms with Crippen LogP contribution in [0, 0.1) is 34.6 Å². The second-order valence-corrected chi connectivity index (χ2v) is 10.3. The number of carbonyl (C=O) groups excluding carboxylic acids is 1. The van der Waals surface area contributed by atoms with Crippen LogP contribution in [0.2, 0.25) is 0 Å². The lowest BCUT2D eigenvalue weighted by Gasteiger charge is -2.59. The molecule has 2 atom stereocenters. The minimum atomic E-state index is -4.43. The lowest BCUT2D eigenvalue weighted by molar-refractivity contribution is -0.145. The number of halogens is 3. The summed E-state index contributed by atoms with van der Waals surface area (Å²) in [6.07, 6.45) is 1.75. The number of primary amides is 1. The molecule has 3 N–H and O–H groups in total. The van der Waals surface area contributed by atoms with E-state index in [0.717, 1.165) is 44.2 Å². The van der Waals surface area contributed by atoms with E-state index >= 15 is 0 Å². The zero-order chi connectivity index (χ0) is 24.0. The summed E-state index contributed by atoms with van der Waals surface area (Å²) < 4.78 is 45.0. The Morgan fingerprint density at radius 2 is 1.94 bits per heavy atom. The minimum Gasteiger partial charge on any atom is -0.369 e. The Morgan fingerprint density at radius 1 is 1.27 bits per heavy atom. The van der Waals surface area contributed by atoms with E-state index in [0.29, 0.717) is 17.3 Å². The van der Waals surface area contributed by atoms with Crippen LogP contribution >= 0.6 is 0 Å². The molecule has 4 saturated carbocycles. The van der Waals surface area contributed by atoms with Gasteiger partial charge in [0.25, 0.3) is 0 Å². The normalized spacial score (nSPS) is 31.3. The third-order valence-electron chi connectivity index (χ3n) is 7.69. The van der Waals surface area contributed by atoms with Crippen molar-refractivity contribution in [3.8, 4) is 6.19 Å². The molecule has 6 nitrogen and oxygen atoms in total. The van der Waals surface area contributed by atoms with Crippen LogP contribution < -0.4 is 11.1 Å². The van der Waals surface area contributed by atoms with E-state index in [1.54, 1.807) is 19.9 Å². The summed E-state index contributed by atoms with van der Waals surface area (Å²) in [6, 6.07) is 5.05. The average molecular weight is 463 g/mol. The highest BCUT2D eigenvalue weighted by Gasteiger charge is 2.58. The number of hydrogen-bond acceptors (Lipinski definition) is 4. The molecule has 33 heavy (non-hydrogen) atoms. The largest absolute Gasteiger partial charge is 0.416 e. The maximum Gasteiger partial charge on any atom is 0.416 e. The SMILES string of the molecule is CC(C)(OCc1cccc(C(F)(F)F)c1)/C(=N\C#N)NC1C2CC3CC1CC(C(N)=O)(C3)C2. The molecule has 0 aromatic heterocycles. The summed E-state index contributed by atoms with van der Waals surface area (Å²) in [6.45, 7) is 3.42. The number of nitriles is 1. The highest BCUT2D eigenvalue weighted by atomic mass is 19.4. The van der Waals surface area contributed by atoms with Gasteiger partial charge < -0.3 is 15.8 Å². The van der Waals surface area contributed by atoms with Gasteiger partial charge in [0.05, 0.1) is 12.2 Å². The smallest absolute Gasteiger partial charge is 0.369 e. The van der Waals surface area contributed by atoms with E-state index in [1.807, 2.05) is 6.19 Å². The molecule has 0 saturated heterocycles. The Hall–Kier alpha value is -2.60. The van der Waals surface area contributed by atoms with Gasteiger partial charge in [0.1, 0.15) is 11.4 Å². The Bertz CT molecular complexity index is 982. The summed E-state index contributed by atoms with van der Waals surface area (Å²) >= 11 is 0. The van der Waals surface area contributed by atoms with Gasteiger partial charge in [-0.2, -0.15) is 23.4 Å². The number of amidine groups is 1. The zero-order valence-electron chi connectivity index (χ0n) is 18.8. The first-order valence-electron chi connectivity index (χ1n) is 11.3. The second-order valence-electron chi connectivity index (χ2n) is 10.3. The molecule has 5 rings (SSSR count). The molecule has 0 spiro atoms. The van der Waals surface area contributed by atoms with Crippen molar-refractivity contribution < 1.29 is 22.7 Å². The van der Waals surface area contributed by atoms with Crippen LogP contribution in [-0.2, 0) is 22.3 Å². The van der Waals surface area contributed by atoms with Crippen molar-refractivity contribution >= 4 is 11.7 Å². The van der Waals surface area contributed by atoms with Gasteiger partial charge in [-0.1, -0.05) is 12.1 Å². The Morgan fingerprint density at radius 3 is 2.52 bits per heavy atom. The van der Waals surface area contributed by atoms with Gasteiger partial charge in [-0.3, -0.25) is 4.79 Å². The maximum atomic E-state index is 13.0. The molecule has 9 heteroatoms. The summed E-state index contributed by atoms with van der Waals surface area (Å²) in [5.41, 5.74) is 3.97. The number of nitrogens with one attached hydrogen (secondary N) is 1. The van der Waals surface area contributed by atoms with Gasteiger partial charge in [-0.25, -0.2) is 0 Å². The molecule has 178 valence electrons. The van der Waals surface area contributed by atoms with Crippen molar-refractivity contribution in [2.45, 2.75) is 70.4 Å². The monoisotopic (exact) mass is 462 g/mol. The minimum absolute atomic E-state index is 0.0533. The van der Waals surface area contributed by atoms with E-state index in [4.69, 9.17) is 10.5 Å². The van der Waals surface area contributed by atoms with Crippen LogP contribution in [0.3, 0.4) is 0 Å². The van der Waals surface area contributed by atoms with Crippen LogP contribution in [0.1, 0.15) is 57.1 Å². The number of nitrogens with zero attached hydrogens (tertiary/aromatic N) is 2. The predicted molar refractivity (Wildman–Crippen MR) is 115 cm³/mol. The first-order valence-corrected chi connectivity index (χ1v) is 11.3. The number of alkyl halides is 3. The van der Waals surface area contributed by atoms with Crippen LogP contribution in [0.25, 0.3) is 0 Å². The topological polar surface area (TPSA) is 100 Å². The fraction of sp³-hybridized carbons (Fsp3) is 0.625. The van der Waals surface area contributed by atoms with Crippen molar-refractivity contribution in [3.05, 3.63) is 35.4 Å². The standard InChI is InChI=1S/C24H29F3N4O2/c1-22(2,33-12-14-4-3-5-18(8-14)24(25,26)27)21(30-13-28)31-19-16-6-15-7-17(19)11-23(9-15,10-16)20(29)32/h3-5,8,15-17,19H,6-7,9-12H2,1-2H3,(H2,29,32)(H,30,31). The lowest BCUT2D eigenvalue weighted by Crippen LogP contribution is -2.63. The molecule has 0 radical (unpaired) electrons. The van der Waals surface area contributed by atoms with Gasteiger partial charge in [0.15, 0.2) is 0 Å². The number of ether oxygens (including phenoxy) is 1. The average Bonchev–Trinajstić information content (AvgIpc) is 2.73. The van der Waals surface area contributed by atoms with Gasteiger partial charge in [0.2, 0.25) is 12.1 Å². The molecule has 1 amide bonds. The summed E-state index contributed by atoms with van der Waals surface area (Å²) in [5.74, 6) is 1.15. The number of hydrogen-bond donors (Lipinski definition) is 2. The molecule has 4 fully saturated rings. The van der Waals surface area contributed by atoms with Crippen LogP contribution in [0.4, 0.5) is 13.2 Å². The van der Waals surface area contributed by atoms with E-state index in [-0.39, 0.29) is 30.4 Å². The van der Waals surface area contributed by atoms with Gasteiger partial charge in [-0.05, 0) is 81.4 Å². The second kappa shape index (κ2) is 8.32. The molecular weight excluding hydrogens is 433 g/mol. The van der Waals surface area contributed by atoms with Crippen molar-refractivity contribution in [2.75, 3.05) is 0 Å². The third-order valence-corrected chi connectivity index (χ3v) is 7.69. The molecule has 1 aromatic carbocycles. The lowest BCUT2D eigenvalue weighted by atomic mass is 9.47. The molecule has 1 aromatic rings. The van der Waals surface area contributed by atoms with E-state index in [1.165, 1.54) is 6.07 Å². The van der Waals surface area contributed by atoms with Gasteiger partial charge >= 0.3 is 6.18 Å². The van der Waals surface area contributed by atoms with Crippen molar-refractivity contribution in [1.82, 2.24) is 5.32 Å². The van der Waals surface area contributed by atoms with Crippen LogP contribution in [0.5, 0.6) is 0 Å². The van der Waals surface area contributed by atoms with Crippen molar-refractivity contribution in [1.29, 1.82) is 5.26 Å². The van der Waals surface area contributed by atoms with E-state index < -0.39 is 22.8 Å². The van der Waals surface area contributed by atoms with Gasteiger partial charge in [-0.15, -0.1) is 0 Å². The van der Waals surface area contributed by atoms with Crippen molar-refractivity contribution in [2.24, 2.45) is 33.9 Å². The quantitative estimate of drug-likeness (QED) is 0.377. The van der Waals surface area contributed by atoms with E-state index in [9.17, 15) is 23.2 Å². The van der Waals surface area contributed by atoms with Crippen molar-refractivity contribution in [3.63, 3.8) is 0 Å². The van der Waals surface area contributed by atoms with E-state index in [2.05, 4.69) is 10.3 Å².